The van der Waals surface area contributed by atoms with Crippen molar-refractivity contribution in [1.29, 1.82) is 0 Å². The molecule has 0 saturated carbocycles. The molecule has 0 saturated heterocycles. The zero-order valence-electron chi connectivity index (χ0n) is 10.7. The van der Waals surface area contributed by atoms with Crippen molar-refractivity contribution in [3.63, 3.8) is 0 Å². The molecule has 4 nitrogen and oxygen atoms in total. The molecule has 0 atom stereocenters. The highest BCUT2D eigenvalue weighted by atomic mass is 35.5. The first-order chi connectivity index (χ1) is 9.54. The minimum Gasteiger partial charge on any atom is -0.321 e. The number of para-hydroxylation sites is 2. The van der Waals surface area contributed by atoms with Gasteiger partial charge >= 0.3 is 0 Å². The predicted molar refractivity (Wildman–Crippen MR) is 78.4 cm³/mol. The molecule has 1 amide bonds. The van der Waals surface area contributed by atoms with Gasteiger partial charge in [-0.25, -0.2) is 4.39 Å². The number of nitrogens with two attached hydrogens (primary N) is 1. The molecule has 0 unspecified atom stereocenters. The van der Waals surface area contributed by atoms with Gasteiger partial charge < -0.3 is 10.7 Å². The quantitative estimate of drug-likeness (QED) is 0.601. The van der Waals surface area contributed by atoms with Gasteiger partial charge in [0.05, 0.1) is 22.0 Å². The topological polar surface area (TPSA) is 67.2 Å². The smallest absolute Gasteiger partial charge is 0.257 e. The van der Waals surface area contributed by atoms with Crippen LogP contribution in [0.3, 0.4) is 0 Å². The molecule has 0 bridgehead atoms. The fraction of sp³-hybridized carbons (Fsp3) is 0.0714. The van der Waals surface area contributed by atoms with Gasteiger partial charge in [0.1, 0.15) is 5.82 Å². The molecule has 6 heteroatoms. The van der Waals surface area contributed by atoms with Crippen molar-refractivity contribution in [2.24, 2.45) is 5.84 Å². The molecular weight excluding hydrogens is 281 g/mol. The van der Waals surface area contributed by atoms with Gasteiger partial charge in [-0.15, -0.1) is 0 Å². The van der Waals surface area contributed by atoms with Crippen LogP contribution in [-0.4, -0.2) is 5.91 Å². The second-order valence-corrected chi connectivity index (χ2v) is 4.60. The summed E-state index contributed by atoms with van der Waals surface area (Å²) in [6, 6.07) is 9.38. The molecule has 0 aliphatic rings. The van der Waals surface area contributed by atoms with E-state index in [1.807, 2.05) is 13.0 Å². The Bertz CT molecular complexity index is 641. The average Bonchev–Trinajstić information content (AvgIpc) is 2.42. The number of carbonyl (C=O) groups is 1. The van der Waals surface area contributed by atoms with Gasteiger partial charge in [0, 0.05) is 0 Å². The maximum Gasteiger partial charge on any atom is 0.257 e. The summed E-state index contributed by atoms with van der Waals surface area (Å²) in [6.07, 6.45) is 0. The summed E-state index contributed by atoms with van der Waals surface area (Å²) in [7, 11) is 0. The van der Waals surface area contributed by atoms with E-state index < -0.39 is 11.7 Å². The molecule has 0 spiro atoms. The van der Waals surface area contributed by atoms with Crippen molar-refractivity contribution in [3.05, 3.63) is 58.4 Å². The highest BCUT2D eigenvalue weighted by Gasteiger charge is 2.16. The summed E-state index contributed by atoms with van der Waals surface area (Å²) < 4.78 is 13.6. The fourth-order valence-electron chi connectivity index (χ4n) is 1.83. The number of anilines is 2. The van der Waals surface area contributed by atoms with Crippen molar-refractivity contribution < 1.29 is 9.18 Å². The third-order valence-electron chi connectivity index (χ3n) is 2.86. The van der Waals surface area contributed by atoms with Crippen LogP contribution in [0.15, 0.2) is 36.4 Å². The van der Waals surface area contributed by atoms with Crippen LogP contribution in [0.25, 0.3) is 0 Å². The first kappa shape index (κ1) is 14.3. The predicted octanol–water partition coefficient (Wildman–Crippen LogP) is 3.33. The van der Waals surface area contributed by atoms with Crippen LogP contribution in [-0.2, 0) is 0 Å². The lowest BCUT2D eigenvalue weighted by molar-refractivity contribution is 0.102. The Morgan fingerprint density at radius 1 is 1.20 bits per heavy atom. The second-order valence-electron chi connectivity index (χ2n) is 4.19. The van der Waals surface area contributed by atoms with Crippen molar-refractivity contribution in [3.8, 4) is 0 Å². The molecule has 0 aliphatic heterocycles. The van der Waals surface area contributed by atoms with Crippen LogP contribution in [0.1, 0.15) is 15.9 Å². The summed E-state index contributed by atoms with van der Waals surface area (Å²) in [5.41, 5.74) is 3.54. The number of amides is 1. The van der Waals surface area contributed by atoms with E-state index in [1.54, 1.807) is 12.1 Å². The van der Waals surface area contributed by atoms with Gasteiger partial charge in [-0.2, -0.15) is 0 Å². The zero-order chi connectivity index (χ0) is 14.7. The van der Waals surface area contributed by atoms with Crippen LogP contribution >= 0.6 is 11.6 Å². The zero-order valence-corrected chi connectivity index (χ0v) is 11.5. The van der Waals surface area contributed by atoms with E-state index in [0.717, 1.165) is 5.56 Å². The Labute approximate surface area is 120 Å². The number of hydrogen-bond acceptors (Lipinski definition) is 3. The summed E-state index contributed by atoms with van der Waals surface area (Å²) in [5, 5.41) is 3.08. The van der Waals surface area contributed by atoms with Gasteiger partial charge in [0.2, 0.25) is 0 Å². The molecule has 104 valence electrons. The minimum atomic E-state index is -0.601. The number of carbonyl (C=O) groups excluding carboxylic acids is 1. The Morgan fingerprint density at radius 3 is 2.55 bits per heavy atom. The average molecular weight is 294 g/mol. The van der Waals surface area contributed by atoms with Crippen molar-refractivity contribution in [1.82, 2.24) is 0 Å². The molecule has 2 aromatic rings. The number of nitrogen functional groups attached to an aromatic ring is 1. The number of nitrogens with one attached hydrogen (secondary N) is 2. The Morgan fingerprint density at radius 2 is 1.90 bits per heavy atom. The van der Waals surface area contributed by atoms with E-state index in [4.69, 9.17) is 17.4 Å². The second kappa shape index (κ2) is 5.90. The molecule has 2 aromatic carbocycles. The van der Waals surface area contributed by atoms with Gasteiger partial charge in [-0.05, 0) is 30.7 Å². The van der Waals surface area contributed by atoms with Crippen LogP contribution in [0.5, 0.6) is 0 Å². The first-order valence-electron chi connectivity index (χ1n) is 5.86. The van der Waals surface area contributed by atoms with Crippen molar-refractivity contribution in [2.45, 2.75) is 6.92 Å². The molecule has 0 aromatic heterocycles. The molecule has 0 fully saturated rings. The number of hydrogen-bond donors (Lipinski definition) is 3. The number of halogens is 2. The Balaban J connectivity index is 2.36. The van der Waals surface area contributed by atoms with E-state index in [0.29, 0.717) is 10.7 Å². The largest absolute Gasteiger partial charge is 0.321 e. The lowest BCUT2D eigenvalue weighted by atomic mass is 10.1. The van der Waals surface area contributed by atoms with E-state index in [9.17, 15) is 9.18 Å². The molecule has 2 rings (SSSR count). The summed E-state index contributed by atoms with van der Waals surface area (Å²) >= 11 is 6.04. The molecule has 0 heterocycles. The van der Waals surface area contributed by atoms with E-state index in [-0.39, 0.29) is 11.3 Å². The van der Waals surface area contributed by atoms with E-state index in [2.05, 4.69) is 10.7 Å². The fourth-order valence-corrected chi connectivity index (χ4v) is 2.10. The molecule has 0 radical (unpaired) electrons. The maximum atomic E-state index is 13.6. The van der Waals surface area contributed by atoms with Crippen LogP contribution in [0.2, 0.25) is 5.02 Å². The van der Waals surface area contributed by atoms with Gasteiger partial charge in [-0.3, -0.25) is 10.6 Å². The van der Waals surface area contributed by atoms with Crippen LogP contribution in [0, 0.1) is 12.7 Å². The first-order valence-corrected chi connectivity index (χ1v) is 6.24. The normalized spacial score (nSPS) is 10.2. The Kier molecular flexibility index (Phi) is 4.22. The monoisotopic (exact) mass is 293 g/mol. The van der Waals surface area contributed by atoms with E-state index >= 15 is 0 Å². The highest BCUT2D eigenvalue weighted by molar-refractivity contribution is 6.34. The van der Waals surface area contributed by atoms with Gasteiger partial charge in [-0.1, -0.05) is 29.8 Å². The number of aryl methyl sites for hydroxylation is 1. The summed E-state index contributed by atoms with van der Waals surface area (Å²) in [4.78, 5) is 12.2. The van der Waals surface area contributed by atoms with Crippen LogP contribution < -0.4 is 16.6 Å². The SMILES string of the molecule is Cc1cccc(Cl)c1NC(=O)c1cccc(F)c1NN. The van der Waals surface area contributed by atoms with Crippen LogP contribution in [0.4, 0.5) is 15.8 Å². The van der Waals surface area contributed by atoms with Crippen molar-refractivity contribution >= 4 is 28.9 Å². The highest BCUT2D eigenvalue weighted by Crippen LogP contribution is 2.27. The van der Waals surface area contributed by atoms with Gasteiger partial charge in [0.15, 0.2) is 0 Å². The third-order valence-corrected chi connectivity index (χ3v) is 3.18. The number of rotatable bonds is 3. The lowest BCUT2D eigenvalue weighted by Crippen LogP contribution is -2.19. The molecule has 4 N–H and O–H groups in total. The van der Waals surface area contributed by atoms with Gasteiger partial charge in [0.25, 0.3) is 5.91 Å². The molecular formula is C14H13ClFN3O. The number of benzene rings is 2. The maximum absolute atomic E-state index is 13.6. The summed E-state index contributed by atoms with van der Waals surface area (Å²) in [6.45, 7) is 1.81. The molecule has 0 aliphatic carbocycles. The summed E-state index contributed by atoms with van der Waals surface area (Å²) in [5.74, 6) is 4.15. The lowest BCUT2D eigenvalue weighted by Gasteiger charge is -2.13. The minimum absolute atomic E-state index is 0.0605. The standard InChI is InChI=1S/C14H13ClFN3O/c1-8-4-2-6-10(15)12(8)18-14(20)9-5-3-7-11(16)13(9)19-17/h2-7,19H,17H2,1H3,(H,18,20). The Hall–Kier alpha value is -2.11. The molecule has 20 heavy (non-hydrogen) atoms. The van der Waals surface area contributed by atoms with E-state index in [1.165, 1.54) is 18.2 Å². The number of hydrazine groups is 1. The van der Waals surface area contributed by atoms with Crippen molar-refractivity contribution in [2.75, 3.05) is 10.7 Å². The third kappa shape index (κ3) is 2.74.